The molecule has 0 saturated carbocycles. The van der Waals surface area contributed by atoms with Gasteiger partial charge in [0.25, 0.3) is 0 Å². The molecule has 1 aliphatic heterocycles. The third kappa shape index (κ3) is 1.45. The predicted molar refractivity (Wildman–Crippen MR) is 36.0 cm³/mol. The first-order chi connectivity index (χ1) is 5.51. The minimum atomic E-state index is -2.17. The first-order valence-corrected chi connectivity index (χ1v) is 3.52. The third-order valence-electron chi connectivity index (χ3n) is 1.91. The molecule has 0 amide bonds. The molecule has 6 heteroatoms. The van der Waals surface area contributed by atoms with Crippen LogP contribution in [0.1, 0.15) is 0 Å². The molecule has 0 aromatic rings. The van der Waals surface area contributed by atoms with Gasteiger partial charge in [-0.15, -0.1) is 0 Å². The van der Waals surface area contributed by atoms with E-state index < -0.39 is 30.7 Å². The second kappa shape index (κ2) is 3.25. The topological polar surface area (TPSA) is 110 Å². The molecule has 1 rings (SSSR count). The van der Waals surface area contributed by atoms with Crippen molar-refractivity contribution in [2.24, 2.45) is 0 Å². The Labute approximate surface area is 68.6 Å². The summed E-state index contributed by atoms with van der Waals surface area (Å²) >= 11 is 0. The number of ether oxygens (including phenoxy) is 1. The zero-order valence-electron chi connectivity index (χ0n) is 6.29. The molecule has 5 N–H and O–H groups in total. The summed E-state index contributed by atoms with van der Waals surface area (Å²) in [5.41, 5.74) is 0. The molecule has 0 radical (unpaired) electrons. The predicted octanol–water partition coefficient (Wildman–Crippen LogP) is -3.22. The first-order valence-electron chi connectivity index (χ1n) is 3.52. The van der Waals surface area contributed by atoms with Crippen LogP contribution in [0, 0.1) is 0 Å². The number of aliphatic hydroxyl groups excluding tert-OH is 4. The zero-order valence-corrected chi connectivity index (χ0v) is 6.29. The Morgan fingerprint density at radius 2 is 1.92 bits per heavy atom. The molecule has 6 nitrogen and oxygen atoms in total. The highest BCUT2D eigenvalue weighted by Crippen LogP contribution is 2.22. The first kappa shape index (κ1) is 9.85. The van der Waals surface area contributed by atoms with Crippen LogP contribution < -0.4 is 0 Å². The fourth-order valence-electron chi connectivity index (χ4n) is 1.03. The summed E-state index contributed by atoms with van der Waals surface area (Å²) in [5.74, 6) is -2.17. The maximum absolute atomic E-state index is 9.24. The van der Waals surface area contributed by atoms with Gasteiger partial charge in [-0.05, 0) is 0 Å². The lowest BCUT2D eigenvalue weighted by Crippen LogP contribution is -2.62. The van der Waals surface area contributed by atoms with Crippen LogP contribution in [-0.4, -0.2) is 62.8 Å². The molecule has 0 aromatic carbocycles. The molecule has 1 aliphatic rings. The van der Waals surface area contributed by atoms with Crippen LogP contribution in [0.3, 0.4) is 0 Å². The fraction of sp³-hybridized carbons (Fsp3) is 1.00. The molecule has 0 spiro atoms. The quantitative estimate of drug-likeness (QED) is 0.272. The lowest BCUT2D eigenvalue weighted by atomic mass is 10.0. The van der Waals surface area contributed by atoms with Crippen LogP contribution in [0.5, 0.6) is 0 Å². The normalized spacial score (nSPS) is 49.2. The van der Waals surface area contributed by atoms with Crippen LogP contribution >= 0.6 is 0 Å². The van der Waals surface area contributed by atoms with Crippen molar-refractivity contribution >= 4 is 0 Å². The Kier molecular flexibility index (Phi) is 2.67. The SMILES string of the molecule is O[13CH2]C1(O)OC[C@H](O)[C@H](O)[C@H]1O. The average molecular weight is 181 g/mol. The van der Waals surface area contributed by atoms with E-state index in [2.05, 4.69) is 4.74 Å². The van der Waals surface area contributed by atoms with Crippen molar-refractivity contribution in [2.45, 2.75) is 24.1 Å². The molecule has 0 bridgehead atoms. The molecule has 0 aromatic heterocycles. The van der Waals surface area contributed by atoms with E-state index >= 15 is 0 Å². The van der Waals surface area contributed by atoms with E-state index in [9.17, 15) is 5.11 Å². The van der Waals surface area contributed by atoms with Crippen molar-refractivity contribution in [1.29, 1.82) is 0 Å². The number of rotatable bonds is 1. The summed E-state index contributed by atoms with van der Waals surface area (Å²) in [4.78, 5) is 0. The van der Waals surface area contributed by atoms with E-state index in [1.54, 1.807) is 0 Å². The van der Waals surface area contributed by atoms with Gasteiger partial charge in [-0.25, -0.2) is 0 Å². The summed E-state index contributed by atoms with van der Waals surface area (Å²) in [5, 5.41) is 45.0. The number of aliphatic hydroxyl groups is 5. The maximum atomic E-state index is 9.24. The lowest BCUT2D eigenvalue weighted by Gasteiger charge is -2.40. The molecule has 1 fully saturated rings. The standard InChI is InChI=1S/C6H12O6/c7-2-6(11)5(10)4(9)3(8)1-12-6/h3-5,7-11H,1-2H2/t3-,4-,5+,6?/m0/s1/i2+1. The molecule has 1 heterocycles. The lowest BCUT2D eigenvalue weighted by molar-refractivity contribution is -0.331. The highest BCUT2D eigenvalue weighted by Gasteiger charge is 2.47. The van der Waals surface area contributed by atoms with E-state index in [-0.39, 0.29) is 6.61 Å². The second-order valence-corrected chi connectivity index (χ2v) is 2.82. The molecule has 4 atom stereocenters. The minimum Gasteiger partial charge on any atom is -0.391 e. The summed E-state index contributed by atoms with van der Waals surface area (Å²) < 4.78 is 4.56. The average Bonchev–Trinajstić information content (AvgIpc) is 2.09. The van der Waals surface area contributed by atoms with Crippen LogP contribution in [0.4, 0.5) is 0 Å². The molecule has 0 aliphatic carbocycles. The van der Waals surface area contributed by atoms with Crippen LogP contribution in [0.25, 0.3) is 0 Å². The molecule has 1 unspecified atom stereocenters. The number of hydrogen-bond acceptors (Lipinski definition) is 6. The van der Waals surface area contributed by atoms with Crippen molar-refractivity contribution in [1.82, 2.24) is 0 Å². The van der Waals surface area contributed by atoms with Crippen LogP contribution in [0.2, 0.25) is 0 Å². The van der Waals surface area contributed by atoms with Crippen molar-refractivity contribution in [3.63, 3.8) is 0 Å². The highest BCUT2D eigenvalue weighted by atomic mass is 16.7. The summed E-state index contributed by atoms with van der Waals surface area (Å²) in [6.45, 7) is -1.16. The van der Waals surface area contributed by atoms with Gasteiger partial charge in [-0.1, -0.05) is 0 Å². The van der Waals surface area contributed by atoms with Gasteiger partial charge in [0.1, 0.15) is 18.3 Å². The van der Waals surface area contributed by atoms with Crippen LogP contribution in [0.15, 0.2) is 0 Å². The Morgan fingerprint density at radius 3 is 2.42 bits per heavy atom. The molecule has 12 heavy (non-hydrogen) atoms. The molecule has 1 saturated heterocycles. The van der Waals surface area contributed by atoms with Crippen LogP contribution in [-0.2, 0) is 4.74 Å². The minimum absolute atomic E-state index is 0.324. The second-order valence-electron chi connectivity index (χ2n) is 2.82. The van der Waals surface area contributed by atoms with Gasteiger partial charge in [0.05, 0.1) is 13.2 Å². The molecular formula is C6H12O6. The summed E-state index contributed by atoms with van der Waals surface area (Å²) in [7, 11) is 0. The van der Waals surface area contributed by atoms with Gasteiger partial charge < -0.3 is 30.3 Å². The van der Waals surface area contributed by atoms with E-state index in [4.69, 9.17) is 20.4 Å². The van der Waals surface area contributed by atoms with E-state index in [1.165, 1.54) is 0 Å². The molecular weight excluding hydrogens is 169 g/mol. The van der Waals surface area contributed by atoms with Gasteiger partial charge in [0.2, 0.25) is 5.79 Å². The van der Waals surface area contributed by atoms with E-state index in [0.29, 0.717) is 0 Å². The smallest absolute Gasteiger partial charge is 0.218 e. The Hall–Kier alpha value is -0.240. The zero-order chi connectivity index (χ0) is 9.35. The van der Waals surface area contributed by atoms with Crippen molar-refractivity contribution in [3.05, 3.63) is 0 Å². The summed E-state index contributed by atoms with van der Waals surface area (Å²) in [6.07, 6.45) is -4.45. The summed E-state index contributed by atoms with van der Waals surface area (Å²) in [6, 6.07) is 0. The highest BCUT2D eigenvalue weighted by molar-refractivity contribution is 4.90. The number of hydrogen-bond donors (Lipinski definition) is 5. The Balaban J connectivity index is 2.71. The van der Waals surface area contributed by atoms with Gasteiger partial charge in [0, 0.05) is 0 Å². The maximum Gasteiger partial charge on any atom is 0.218 e. The van der Waals surface area contributed by atoms with Gasteiger partial charge in [-0.2, -0.15) is 0 Å². The van der Waals surface area contributed by atoms with Gasteiger partial charge in [0.15, 0.2) is 0 Å². The van der Waals surface area contributed by atoms with Gasteiger partial charge in [-0.3, -0.25) is 0 Å². The largest absolute Gasteiger partial charge is 0.391 e. The Bertz CT molecular complexity index is 162. The monoisotopic (exact) mass is 181 g/mol. The third-order valence-corrected chi connectivity index (χ3v) is 1.91. The van der Waals surface area contributed by atoms with Crippen molar-refractivity contribution < 1.29 is 30.3 Å². The van der Waals surface area contributed by atoms with E-state index in [1.807, 2.05) is 0 Å². The van der Waals surface area contributed by atoms with Crippen molar-refractivity contribution in [2.75, 3.05) is 13.2 Å². The Morgan fingerprint density at radius 1 is 1.33 bits per heavy atom. The van der Waals surface area contributed by atoms with Crippen molar-refractivity contribution in [3.8, 4) is 0 Å². The van der Waals surface area contributed by atoms with Gasteiger partial charge >= 0.3 is 0 Å². The molecule has 72 valence electrons. The van der Waals surface area contributed by atoms with E-state index in [0.717, 1.165) is 0 Å². The fourth-order valence-corrected chi connectivity index (χ4v) is 1.03.